The number of rotatable bonds is 6. The third kappa shape index (κ3) is 5.13. The van der Waals surface area contributed by atoms with Gasteiger partial charge in [0, 0.05) is 18.8 Å². The number of hydrogen-bond acceptors (Lipinski definition) is 4. The van der Waals surface area contributed by atoms with Crippen molar-refractivity contribution in [3.8, 4) is 6.07 Å². The highest BCUT2D eigenvalue weighted by Gasteiger charge is 2.17. The van der Waals surface area contributed by atoms with Gasteiger partial charge in [0.1, 0.15) is 11.6 Å². The van der Waals surface area contributed by atoms with E-state index in [1.165, 1.54) is 24.8 Å². The minimum absolute atomic E-state index is 0.0442. The molecule has 126 valence electrons. The molecule has 0 atom stereocenters. The zero-order chi connectivity index (χ0) is 17.4. The predicted molar refractivity (Wildman–Crippen MR) is 89.0 cm³/mol. The highest BCUT2D eigenvalue weighted by Crippen LogP contribution is 2.17. The van der Waals surface area contributed by atoms with Crippen molar-refractivity contribution < 1.29 is 14.7 Å². The molecule has 0 spiro atoms. The van der Waals surface area contributed by atoms with Crippen LogP contribution >= 0.6 is 0 Å². The van der Waals surface area contributed by atoms with Crippen LogP contribution in [-0.2, 0) is 11.3 Å². The van der Waals surface area contributed by atoms with Crippen molar-refractivity contribution in [2.45, 2.75) is 44.7 Å². The van der Waals surface area contributed by atoms with Gasteiger partial charge in [0.2, 0.25) is 0 Å². The van der Waals surface area contributed by atoms with Gasteiger partial charge in [-0.15, -0.1) is 0 Å². The number of nitrogens with zero attached hydrogens (tertiary/aromatic N) is 1. The number of hydrogen-bond donors (Lipinski definition) is 3. The Kier molecular flexibility index (Phi) is 6.38. The van der Waals surface area contributed by atoms with Gasteiger partial charge in [0.15, 0.2) is 0 Å². The van der Waals surface area contributed by atoms with E-state index >= 15 is 0 Å². The Balaban J connectivity index is 1.87. The topological polar surface area (TPSA) is 102 Å². The number of benzene rings is 1. The van der Waals surface area contributed by atoms with Crippen molar-refractivity contribution in [2.75, 3.05) is 0 Å². The summed E-state index contributed by atoms with van der Waals surface area (Å²) in [5.41, 5.74) is 1.13. The first-order chi connectivity index (χ1) is 11.6. The summed E-state index contributed by atoms with van der Waals surface area (Å²) in [5, 5.41) is 23.8. The van der Waals surface area contributed by atoms with Crippen molar-refractivity contribution in [1.29, 1.82) is 5.26 Å². The molecule has 2 rings (SSSR count). The lowest BCUT2D eigenvalue weighted by Gasteiger charge is -2.22. The van der Waals surface area contributed by atoms with Gasteiger partial charge in [-0.1, -0.05) is 31.4 Å². The number of aromatic carboxylic acids is 1. The molecule has 6 heteroatoms. The lowest BCUT2D eigenvalue weighted by Crippen LogP contribution is -2.37. The summed E-state index contributed by atoms with van der Waals surface area (Å²) >= 11 is 0. The molecule has 6 nitrogen and oxygen atoms in total. The molecule has 24 heavy (non-hydrogen) atoms. The average Bonchev–Trinajstić information content (AvgIpc) is 2.60. The number of amides is 1. The Morgan fingerprint density at radius 1 is 1.21 bits per heavy atom. The molecule has 1 saturated carbocycles. The van der Waals surface area contributed by atoms with E-state index in [0.29, 0.717) is 6.54 Å². The van der Waals surface area contributed by atoms with E-state index < -0.39 is 5.97 Å². The lowest BCUT2D eigenvalue weighted by molar-refractivity contribution is -0.118. The molecular weight excluding hydrogens is 306 g/mol. The van der Waals surface area contributed by atoms with Crippen LogP contribution in [0.25, 0.3) is 0 Å². The van der Waals surface area contributed by atoms with Gasteiger partial charge in [0.25, 0.3) is 5.91 Å². The smallest absolute Gasteiger partial charge is 0.335 e. The molecule has 3 N–H and O–H groups in total. The quantitative estimate of drug-likeness (QED) is 0.550. The summed E-state index contributed by atoms with van der Waals surface area (Å²) in [6, 6.07) is 8.49. The van der Waals surface area contributed by atoms with Gasteiger partial charge in [0.05, 0.1) is 5.56 Å². The molecule has 1 aliphatic rings. The average molecular weight is 327 g/mol. The van der Waals surface area contributed by atoms with Crippen molar-refractivity contribution in [3.05, 3.63) is 47.2 Å². The van der Waals surface area contributed by atoms with Crippen LogP contribution in [-0.4, -0.2) is 23.0 Å². The van der Waals surface area contributed by atoms with E-state index in [4.69, 9.17) is 10.4 Å². The fourth-order valence-electron chi connectivity index (χ4n) is 2.69. The Morgan fingerprint density at radius 3 is 2.46 bits per heavy atom. The van der Waals surface area contributed by atoms with Crippen LogP contribution in [0.1, 0.15) is 48.0 Å². The van der Waals surface area contributed by atoms with E-state index in [9.17, 15) is 9.59 Å². The number of carboxylic acid groups (broad SMARTS) is 1. The fourth-order valence-corrected chi connectivity index (χ4v) is 2.69. The van der Waals surface area contributed by atoms with Crippen LogP contribution in [0.5, 0.6) is 0 Å². The molecule has 0 heterocycles. The minimum Gasteiger partial charge on any atom is -0.478 e. The largest absolute Gasteiger partial charge is 0.478 e. The molecule has 1 aliphatic carbocycles. The number of carboxylic acids is 1. The first-order valence-corrected chi connectivity index (χ1v) is 8.07. The van der Waals surface area contributed by atoms with E-state index in [1.807, 2.05) is 6.07 Å². The summed E-state index contributed by atoms with van der Waals surface area (Å²) < 4.78 is 0. The first kappa shape index (κ1) is 17.5. The van der Waals surface area contributed by atoms with Gasteiger partial charge in [-0.2, -0.15) is 5.26 Å². The molecule has 0 aliphatic heterocycles. The molecular formula is C18H21N3O3. The van der Waals surface area contributed by atoms with Crippen LogP contribution in [0, 0.1) is 11.3 Å². The second-order valence-corrected chi connectivity index (χ2v) is 5.86. The Bertz CT molecular complexity index is 653. The van der Waals surface area contributed by atoms with Crippen molar-refractivity contribution in [1.82, 2.24) is 10.6 Å². The Morgan fingerprint density at radius 2 is 1.88 bits per heavy atom. The number of nitriles is 1. The molecule has 0 bridgehead atoms. The molecule has 1 amide bonds. The number of carbonyl (C=O) groups excluding carboxylic acids is 1. The Labute approximate surface area is 141 Å². The molecule has 1 fully saturated rings. The van der Waals surface area contributed by atoms with Crippen molar-refractivity contribution >= 4 is 11.9 Å². The van der Waals surface area contributed by atoms with Gasteiger partial charge in [-0.25, -0.2) is 4.79 Å². The van der Waals surface area contributed by atoms with Crippen molar-refractivity contribution in [2.24, 2.45) is 0 Å². The Hall–Kier alpha value is -2.81. The summed E-state index contributed by atoms with van der Waals surface area (Å²) in [7, 11) is 0. The normalized spacial score (nSPS) is 15.4. The van der Waals surface area contributed by atoms with Crippen LogP contribution in [0.15, 0.2) is 36.0 Å². The van der Waals surface area contributed by atoms with Gasteiger partial charge >= 0.3 is 5.97 Å². The maximum Gasteiger partial charge on any atom is 0.335 e. The molecule has 1 aromatic rings. The van der Waals surface area contributed by atoms with Gasteiger partial charge < -0.3 is 15.7 Å². The summed E-state index contributed by atoms with van der Waals surface area (Å²) in [6.07, 6.45) is 6.77. The lowest BCUT2D eigenvalue weighted by atomic mass is 9.95. The zero-order valence-corrected chi connectivity index (χ0v) is 13.4. The van der Waals surface area contributed by atoms with Crippen LogP contribution < -0.4 is 10.6 Å². The molecule has 0 radical (unpaired) electrons. The zero-order valence-electron chi connectivity index (χ0n) is 13.4. The van der Waals surface area contributed by atoms with E-state index in [1.54, 1.807) is 12.1 Å². The van der Waals surface area contributed by atoms with Gasteiger partial charge in [-0.05, 0) is 30.5 Å². The van der Waals surface area contributed by atoms with E-state index in [0.717, 1.165) is 31.2 Å². The second-order valence-electron chi connectivity index (χ2n) is 5.86. The van der Waals surface area contributed by atoms with Crippen LogP contribution in [0.2, 0.25) is 0 Å². The molecule has 0 aromatic heterocycles. The maximum absolute atomic E-state index is 12.1. The summed E-state index contributed by atoms with van der Waals surface area (Å²) in [4.78, 5) is 22.9. The third-order valence-corrected chi connectivity index (χ3v) is 4.06. The van der Waals surface area contributed by atoms with Crippen LogP contribution in [0.3, 0.4) is 0 Å². The second kappa shape index (κ2) is 8.73. The SMILES string of the molecule is N#C/C(=C/NCc1ccc(C(=O)O)cc1)C(=O)NC1CCCCC1. The van der Waals surface area contributed by atoms with E-state index in [-0.39, 0.29) is 23.1 Å². The van der Waals surface area contributed by atoms with Gasteiger partial charge in [-0.3, -0.25) is 4.79 Å². The van der Waals surface area contributed by atoms with Crippen molar-refractivity contribution in [3.63, 3.8) is 0 Å². The summed E-state index contributed by atoms with van der Waals surface area (Å²) in [6.45, 7) is 0.405. The number of nitrogens with one attached hydrogen (secondary N) is 2. The maximum atomic E-state index is 12.1. The highest BCUT2D eigenvalue weighted by molar-refractivity contribution is 5.97. The third-order valence-electron chi connectivity index (χ3n) is 4.06. The monoisotopic (exact) mass is 327 g/mol. The van der Waals surface area contributed by atoms with E-state index in [2.05, 4.69) is 10.6 Å². The van der Waals surface area contributed by atoms with Crippen LogP contribution in [0.4, 0.5) is 0 Å². The molecule has 0 saturated heterocycles. The standard InChI is InChI=1S/C18H21N3O3/c19-10-15(17(22)21-16-4-2-1-3-5-16)12-20-11-13-6-8-14(9-7-13)18(23)24/h6-9,12,16,20H,1-5,11H2,(H,21,22)(H,23,24)/b15-12-. The first-order valence-electron chi connectivity index (χ1n) is 8.07. The number of carbonyl (C=O) groups is 2. The predicted octanol–water partition coefficient (Wildman–Crippen LogP) is 2.33. The summed E-state index contributed by atoms with van der Waals surface area (Å²) in [5.74, 6) is -1.32. The molecule has 0 unspecified atom stereocenters. The fraction of sp³-hybridized carbons (Fsp3) is 0.389. The molecule has 1 aromatic carbocycles. The highest BCUT2D eigenvalue weighted by atomic mass is 16.4. The minimum atomic E-state index is -0.972.